The first-order valence-corrected chi connectivity index (χ1v) is 7.12. The number of ether oxygens (including phenoxy) is 1. The molecule has 0 fully saturated rings. The number of aryl methyl sites for hydroxylation is 2. The topological polar surface area (TPSA) is 59.6 Å². The van der Waals surface area contributed by atoms with Crippen molar-refractivity contribution < 1.29 is 13.5 Å². The molecule has 0 saturated heterocycles. The van der Waals surface area contributed by atoms with E-state index in [1.165, 1.54) is 6.07 Å². The fraction of sp³-hybridized carbons (Fsp3) is 0.235. The number of guanidine groups is 1. The maximum Gasteiger partial charge on any atom is 0.387 e. The van der Waals surface area contributed by atoms with Crippen LogP contribution in [0.3, 0.4) is 0 Å². The van der Waals surface area contributed by atoms with Gasteiger partial charge >= 0.3 is 6.61 Å². The van der Waals surface area contributed by atoms with E-state index in [4.69, 9.17) is 5.73 Å². The second-order valence-corrected chi connectivity index (χ2v) is 5.18. The molecule has 0 amide bonds. The molecule has 0 saturated carbocycles. The van der Waals surface area contributed by atoms with Crippen LogP contribution in [0.2, 0.25) is 0 Å². The van der Waals surface area contributed by atoms with Crippen molar-refractivity contribution in [2.75, 3.05) is 5.32 Å². The second-order valence-electron chi connectivity index (χ2n) is 5.18. The number of aliphatic imine (C=N–C) groups is 1. The van der Waals surface area contributed by atoms with Crippen molar-refractivity contribution in [3.8, 4) is 5.75 Å². The first-order valence-electron chi connectivity index (χ1n) is 7.12. The molecule has 4 nitrogen and oxygen atoms in total. The van der Waals surface area contributed by atoms with Gasteiger partial charge in [0.05, 0.1) is 6.54 Å². The molecule has 2 aromatic carbocycles. The van der Waals surface area contributed by atoms with Gasteiger partial charge in [0.2, 0.25) is 0 Å². The summed E-state index contributed by atoms with van der Waals surface area (Å²) < 4.78 is 29.4. The molecule has 2 aromatic rings. The summed E-state index contributed by atoms with van der Waals surface area (Å²) in [6.07, 6.45) is 0. The lowest BCUT2D eigenvalue weighted by Crippen LogP contribution is -2.22. The van der Waals surface area contributed by atoms with E-state index in [9.17, 15) is 8.78 Å². The summed E-state index contributed by atoms with van der Waals surface area (Å²) in [7, 11) is 0. The van der Waals surface area contributed by atoms with Gasteiger partial charge in [-0.25, -0.2) is 4.99 Å². The third kappa shape index (κ3) is 6.31. The number of nitrogens with two attached hydrogens (primary N) is 1. The highest BCUT2D eigenvalue weighted by Gasteiger charge is 2.09. The van der Waals surface area contributed by atoms with Gasteiger partial charge in [-0.15, -0.1) is 24.0 Å². The molecule has 0 radical (unpaired) electrons. The van der Waals surface area contributed by atoms with E-state index in [0.717, 1.165) is 16.8 Å². The van der Waals surface area contributed by atoms with Crippen molar-refractivity contribution in [3.05, 3.63) is 59.2 Å². The maximum atomic E-state index is 12.4. The monoisotopic (exact) mass is 447 g/mol. The lowest BCUT2D eigenvalue weighted by Gasteiger charge is -2.11. The molecule has 0 spiro atoms. The molecule has 7 heteroatoms. The summed E-state index contributed by atoms with van der Waals surface area (Å²) in [5.41, 5.74) is 9.27. The number of alkyl halides is 2. The Bertz CT molecular complexity index is 691. The SMILES string of the molecule is Cc1ccc(NC(N)=NCc2cc(C)ccc2OC(F)F)cc1.I. The minimum Gasteiger partial charge on any atom is -0.434 e. The summed E-state index contributed by atoms with van der Waals surface area (Å²) in [6.45, 7) is 1.13. The van der Waals surface area contributed by atoms with Gasteiger partial charge in [0.15, 0.2) is 5.96 Å². The van der Waals surface area contributed by atoms with Gasteiger partial charge in [-0.3, -0.25) is 0 Å². The Kier molecular flexibility index (Phi) is 7.90. The van der Waals surface area contributed by atoms with Gasteiger partial charge in [0.1, 0.15) is 5.75 Å². The summed E-state index contributed by atoms with van der Waals surface area (Å²) >= 11 is 0. The van der Waals surface area contributed by atoms with E-state index >= 15 is 0 Å². The number of benzene rings is 2. The van der Waals surface area contributed by atoms with Crippen LogP contribution in [0, 0.1) is 13.8 Å². The summed E-state index contributed by atoms with van der Waals surface area (Å²) in [4.78, 5) is 4.18. The lowest BCUT2D eigenvalue weighted by molar-refractivity contribution is -0.0504. The number of hydrogen-bond donors (Lipinski definition) is 2. The van der Waals surface area contributed by atoms with Gasteiger partial charge in [0, 0.05) is 11.3 Å². The minimum absolute atomic E-state index is 0. The van der Waals surface area contributed by atoms with Gasteiger partial charge in [0.25, 0.3) is 0 Å². The highest BCUT2D eigenvalue weighted by molar-refractivity contribution is 14.0. The molecule has 2 rings (SSSR count). The zero-order chi connectivity index (χ0) is 16.8. The fourth-order valence-corrected chi connectivity index (χ4v) is 2.04. The van der Waals surface area contributed by atoms with Gasteiger partial charge in [-0.2, -0.15) is 8.78 Å². The molecule has 0 atom stereocenters. The van der Waals surface area contributed by atoms with Crippen LogP contribution in [0.15, 0.2) is 47.5 Å². The van der Waals surface area contributed by atoms with Crippen molar-refractivity contribution in [2.24, 2.45) is 10.7 Å². The van der Waals surface area contributed by atoms with Crippen molar-refractivity contribution in [1.29, 1.82) is 0 Å². The molecule has 0 aliphatic heterocycles. The molecule has 24 heavy (non-hydrogen) atoms. The third-order valence-electron chi connectivity index (χ3n) is 3.18. The van der Waals surface area contributed by atoms with Gasteiger partial charge in [-0.05, 0) is 32.0 Å². The molecule has 0 aliphatic carbocycles. The Labute approximate surface area is 157 Å². The van der Waals surface area contributed by atoms with E-state index in [1.807, 2.05) is 38.1 Å². The normalized spacial score (nSPS) is 11.1. The summed E-state index contributed by atoms with van der Waals surface area (Å²) in [5, 5.41) is 2.95. The zero-order valence-corrected chi connectivity index (χ0v) is 15.8. The van der Waals surface area contributed by atoms with Crippen molar-refractivity contribution in [3.63, 3.8) is 0 Å². The highest BCUT2D eigenvalue weighted by atomic mass is 127. The van der Waals surface area contributed by atoms with E-state index in [2.05, 4.69) is 15.0 Å². The fourth-order valence-electron chi connectivity index (χ4n) is 2.04. The van der Waals surface area contributed by atoms with Crippen LogP contribution >= 0.6 is 24.0 Å². The molecule has 0 aliphatic rings. The van der Waals surface area contributed by atoms with Crippen molar-refractivity contribution in [1.82, 2.24) is 0 Å². The third-order valence-corrected chi connectivity index (χ3v) is 3.18. The van der Waals surface area contributed by atoms with Gasteiger partial charge < -0.3 is 15.8 Å². The summed E-state index contributed by atoms with van der Waals surface area (Å²) in [5.74, 6) is 0.316. The quantitative estimate of drug-likeness (QED) is 0.405. The summed E-state index contributed by atoms with van der Waals surface area (Å²) in [6, 6.07) is 12.6. The van der Waals surface area contributed by atoms with Crippen molar-refractivity contribution in [2.45, 2.75) is 27.0 Å². The Morgan fingerprint density at radius 3 is 2.38 bits per heavy atom. The number of hydrogen-bond acceptors (Lipinski definition) is 2. The first-order chi connectivity index (χ1) is 10.9. The van der Waals surface area contributed by atoms with Crippen molar-refractivity contribution >= 4 is 35.6 Å². The smallest absolute Gasteiger partial charge is 0.387 e. The molecule has 0 heterocycles. The maximum absolute atomic E-state index is 12.4. The standard InChI is InChI=1S/C17H19F2N3O.HI/c1-11-3-6-14(7-4-11)22-17(20)21-10-13-9-12(2)5-8-15(13)23-16(18)19;/h3-9,16H,10H2,1-2H3,(H3,20,21,22);1H. The van der Waals surface area contributed by atoms with Crippen LogP contribution in [-0.2, 0) is 6.54 Å². The van der Waals surface area contributed by atoms with Crippen LogP contribution in [0.4, 0.5) is 14.5 Å². The molecule has 3 N–H and O–H groups in total. The Morgan fingerprint density at radius 1 is 1.12 bits per heavy atom. The average Bonchev–Trinajstić information content (AvgIpc) is 2.49. The Balaban J connectivity index is 0.00000288. The number of nitrogens with one attached hydrogen (secondary N) is 1. The van der Waals surface area contributed by atoms with E-state index in [-0.39, 0.29) is 42.2 Å². The largest absolute Gasteiger partial charge is 0.434 e. The second kappa shape index (κ2) is 9.41. The van der Waals surface area contributed by atoms with Crippen LogP contribution in [0.25, 0.3) is 0 Å². The number of halogens is 3. The predicted octanol–water partition coefficient (Wildman–Crippen LogP) is 4.45. The Hall–Kier alpha value is -1.90. The van der Waals surface area contributed by atoms with Gasteiger partial charge in [-0.1, -0.05) is 35.4 Å². The van der Waals surface area contributed by atoms with E-state index in [1.54, 1.807) is 12.1 Å². The highest BCUT2D eigenvalue weighted by Crippen LogP contribution is 2.23. The molecular formula is C17H20F2IN3O. The van der Waals surface area contributed by atoms with Crippen LogP contribution < -0.4 is 15.8 Å². The van der Waals surface area contributed by atoms with E-state index in [0.29, 0.717) is 5.56 Å². The molecule has 0 aromatic heterocycles. The van der Waals surface area contributed by atoms with Crippen LogP contribution in [0.5, 0.6) is 5.75 Å². The number of rotatable bonds is 5. The minimum atomic E-state index is -2.87. The molecule has 0 bridgehead atoms. The number of nitrogens with zero attached hydrogens (tertiary/aromatic N) is 1. The predicted molar refractivity (Wildman–Crippen MR) is 103 cm³/mol. The zero-order valence-electron chi connectivity index (χ0n) is 13.4. The average molecular weight is 447 g/mol. The number of anilines is 1. The van der Waals surface area contributed by atoms with E-state index < -0.39 is 6.61 Å². The Morgan fingerprint density at radius 2 is 1.75 bits per heavy atom. The molecular weight excluding hydrogens is 427 g/mol. The molecule has 0 unspecified atom stereocenters. The van der Waals surface area contributed by atoms with Crippen LogP contribution in [0.1, 0.15) is 16.7 Å². The molecule has 130 valence electrons. The van der Waals surface area contributed by atoms with Crippen LogP contribution in [-0.4, -0.2) is 12.6 Å². The lowest BCUT2D eigenvalue weighted by atomic mass is 10.1. The first kappa shape index (κ1) is 20.1.